The molecule has 0 aliphatic heterocycles. The van der Waals surface area contributed by atoms with E-state index < -0.39 is 11.7 Å². The van der Waals surface area contributed by atoms with E-state index in [0.29, 0.717) is 5.69 Å². The highest BCUT2D eigenvalue weighted by atomic mass is 35.5. The van der Waals surface area contributed by atoms with Gasteiger partial charge in [-0.05, 0) is 44.5 Å². The standard InChI is InChI=1S/C19H16ClFN2O2/c1-10-7-8-15(11(2)9-10)22-19(24)16-12(3)25-23-18(16)17-13(20)5-4-6-14(17)21/h4-9H,1-3H3,(H,22,24). The molecule has 0 saturated heterocycles. The second kappa shape index (κ2) is 6.69. The van der Waals surface area contributed by atoms with Gasteiger partial charge in [-0.15, -0.1) is 0 Å². The molecule has 0 unspecified atom stereocenters. The number of hydrogen-bond donors (Lipinski definition) is 1. The smallest absolute Gasteiger partial charge is 0.261 e. The summed E-state index contributed by atoms with van der Waals surface area (Å²) >= 11 is 6.10. The predicted octanol–water partition coefficient (Wildman–Crippen LogP) is 5.31. The van der Waals surface area contributed by atoms with Gasteiger partial charge >= 0.3 is 0 Å². The summed E-state index contributed by atoms with van der Waals surface area (Å²) in [5.74, 6) is -0.710. The average molecular weight is 359 g/mol. The minimum Gasteiger partial charge on any atom is -0.360 e. The molecule has 0 aliphatic carbocycles. The number of carbonyl (C=O) groups excluding carboxylic acids is 1. The third kappa shape index (κ3) is 3.28. The summed E-state index contributed by atoms with van der Waals surface area (Å²) in [5.41, 5.74) is 2.98. The van der Waals surface area contributed by atoms with E-state index in [0.717, 1.165) is 11.1 Å². The van der Waals surface area contributed by atoms with Crippen LogP contribution in [0.4, 0.5) is 10.1 Å². The SMILES string of the molecule is Cc1ccc(NC(=O)c2c(-c3c(F)cccc3Cl)noc2C)c(C)c1. The van der Waals surface area contributed by atoms with Gasteiger partial charge in [0, 0.05) is 5.69 Å². The first kappa shape index (κ1) is 17.2. The normalized spacial score (nSPS) is 10.8. The Kier molecular flexibility index (Phi) is 4.59. The topological polar surface area (TPSA) is 55.1 Å². The van der Waals surface area contributed by atoms with Crippen LogP contribution >= 0.6 is 11.6 Å². The number of aromatic nitrogens is 1. The molecule has 1 N–H and O–H groups in total. The predicted molar refractivity (Wildman–Crippen MR) is 95.5 cm³/mol. The zero-order chi connectivity index (χ0) is 18.1. The number of benzene rings is 2. The van der Waals surface area contributed by atoms with Crippen LogP contribution in [0.25, 0.3) is 11.3 Å². The van der Waals surface area contributed by atoms with Gasteiger partial charge in [-0.2, -0.15) is 0 Å². The molecule has 3 rings (SSSR count). The van der Waals surface area contributed by atoms with Crippen molar-refractivity contribution in [1.29, 1.82) is 0 Å². The lowest BCUT2D eigenvalue weighted by molar-refractivity contribution is 0.102. The molecule has 0 saturated carbocycles. The monoisotopic (exact) mass is 358 g/mol. The lowest BCUT2D eigenvalue weighted by Crippen LogP contribution is -2.14. The Bertz CT molecular complexity index is 946. The van der Waals surface area contributed by atoms with Gasteiger partial charge in [0.25, 0.3) is 5.91 Å². The molecule has 0 bridgehead atoms. The summed E-state index contributed by atoms with van der Waals surface area (Å²) in [6.45, 7) is 5.47. The first-order valence-electron chi connectivity index (χ1n) is 7.67. The van der Waals surface area contributed by atoms with Gasteiger partial charge in [0.05, 0.1) is 10.6 Å². The summed E-state index contributed by atoms with van der Waals surface area (Å²) in [4.78, 5) is 12.8. The fourth-order valence-electron chi connectivity index (χ4n) is 2.67. The van der Waals surface area contributed by atoms with Crippen LogP contribution < -0.4 is 5.32 Å². The largest absolute Gasteiger partial charge is 0.360 e. The van der Waals surface area contributed by atoms with Crippen molar-refractivity contribution in [2.75, 3.05) is 5.32 Å². The van der Waals surface area contributed by atoms with Gasteiger partial charge in [-0.3, -0.25) is 4.79 Å². The number of aryl methyl sites for hydroxylation is 3. The molecule has 0 spiro atoms. The minimum atomic E-state index is -0.568. The Balaban J connectivity index is 2.03. The molecular weight excluding hydrogens is 343 g/mol. The molecule has 2 aromatic carbocycles. The van der Waals surface area contributed by atoms with Gasteiger partial charge in [0.2, 0.25) is 0 Å². The first-order chi connectivity index (χ1) is 11.9. The maximum atomic E-state index is 14.2. The van der Waals surface area contributed by atoms with E-state index in [4.69, 9.17) is 16.1 Å². The highest BCUT2D eigenvalue weighted by Gasteiger charge is 2.25. The molecule has 0 fully saturated rings. The van der Waals surface area contributed by atoms with E-state index in [1.165, 1.54) is 18.2 Å². The van der Waals surface area contributed by atoms with Crippen LogP contribution in [0.3, 0.4) is 0 Å². The fourth-order valence-corrected chi connectivity index (χ4v) is 2.93. The zero-order valence-electron chi connectivity index (χ0n) is 14.0. The molecule has 1 amide bonds. The summed E-state index contributed by atoms with van der Waals surface area (Å²) in [7, 11) is 0. The number of anilines is 1. The molecule has 0 atom stereocenters. The Morgan fingerprint density at radius 1 is 1.20 bits per heavy atom. The summed E-state index contributed by atoms with van der Waals surface area (Å²) in [5, 5.41) is 6.83. The highest BCUT2D eigenvalue weighted by molar-refractivity contribution is 6.33. The van der Waals surface area contributed by atoms with Crippen LogP contribution in [0.5, 0.6) is 0 Å². The number of hydrogen-bond acceptors (Lipinski definition) is 3. The minimum absolute atomic E-state index is 0.0480. The number of amides is 1. The zero-order valence-corrected chi connectivity index (χ0v) is 14.7. The Labute approximate surface area is 149 Å². The van der Waals surface area contributed by atoms with E-state index in [-0.39, 0.29) is 27.6 Å². The second-order valence-corrected chi connectivity index (χ2v) is 6.24. The van der Waals surface area contributed by atoms with E-state index in [9.17, 15) is 9.18 Å². The van der Waals surface area contributed by atoms with Crippen molar-refractivity contribution in [1.82, 2.24) is 5.16 Å². The number of nitrogens with zero attached hydrogens (tertiary/aromatic N) is 1. The van der Waals surface area contributed by atoms with Gasteiger partial charge in [0.15, 0.2) is 0 Å². The highest BCUT2D eigenvalue weighted by Crippen LogP contribution is 2.33. The van der Waals surface area contributed by atoms with Crippen molar-refractivity contribution in [2.45, 2.75) is 20.8 Å². The number of nitrogens with one attached hydrogen (secondary N) is 1. The van der Waals surface area contributed by atoms with Crippen molar-refractivity contribution in [3.63, 3.8) is 0 Å². The molecule has 25 heavy (non-hydrogen) atoms. The quantitative estimate of drug-likeness (QED) is 0.690. The first-order valence-corrected chi connectivity index (χ1v) is 8.05. The van der Waals surface area contributed by atoms with Crippen LogP contribution in [0.2, 0.25) is 5.02 Å². The fraction of sp³-hybridized carbons (Fsp3) is 0.158. The molecule has 128 valence electrons. The van der Waals surface area contributed by atoms with Gasteiger partial charge < -0.3 is 9.84 Å². The second-order valence-electron chi connectivity index (χ2n) is 5.83. The van der Waals surface area contributed by atoms with Crippen molar-refractivity contribution in [2.24, 2.45) is 0 Å². The Hall–Kier alpha value is -2.66. The van der Waals surface area contributed by atoms with Crippen LogP contribution in [0.1, 0.15) is 27.2 Å². The lowest BCUT2D eigenvalue weighted by Gasteiger charge is -2.10. The Morgan fingerprint density at radius 3 is 2.64 bits per heavy atom. The van der Waals surface area contributed by atoms with Crippen molar-refractivity contribution in [3.05, 3.63) is 69.7 Å². The maximum Gasteiger partial charge on any atom is 0.261 e. The number of carbonyl (C=O) groups is 1. The van der Waals surface area contributed by atoms with E-state index >= 15 is 0 Å². The molecule has 3 aromatic rings. The van der Waals surface area contributed by atoms with Crippen molar-refractivity contribution < 1.29 is 13.7 Å². The summed E-state index contributed by atoms with van der Waals surface area (Å²) in [6.07, 6.45) is 0. The van der Waals surface area contributed by atoms with E-state index in [1.54, 1.807) is 6.92 Å². The lowest BCUT2D eigenvalue weighted by atomic mass is 10.0. The van der Waals surface area contributed by atoms with E-state index in [1.807, 2.05) is 32.0 Å². The van der Waals surface area contributed by atoms with Crippen molar-refractivity contribution >= 4 is 23.2 Å². The average Bonchev–Trinajstić information content (AvgIpc) is 2.91. The Morgan fingerprint density at radius 2 is 1.96 bits per heavy atom. The molecule has 0 aliphatic rings. The molecular formula is C19H16ClFN2O2. The van der Waals surface area contributed by atoms with Crippen LogP contribution in [0.15, 0.2) is 40.9 Å². The number of halogens is 2. The van der Waals surface area contributed by atoms with Crippen LogP contribution in [0, 0.1) is 26.6 Å². The third-order valence-corrected chi connectivity index (χ3v) is 4.23. The molecule has 1 heterocycles. The summed E-state index contributed by atoms with van der Waals surface area (Å²) < 4.78 is 19.4. The third-order valence-electron chi connectivity index (χ3n) is 3.92. The molecule has 1 aromatic heterocycles. The van der Waals surface area contributed by atoms with E-state index in [2.05, 4.69) is 10.5 Å². The van der Waals surface area contributed by atoms with Crippen LogP contribution in [-0.2, 0) is 0 Å². The van der Waals surface area contributed by atoms with Crippen LogP contribution in [-0.4, -0.2) is 11.1 Å². The van der Waals surface area contributed by atoms with Gasteiger partial charge in [-0.25, -0.2) is 4.39 Å². The number of rotatable bonds is 3. The molecule has 0 radical (unpaired) electrons. The van der Waals surface area contributed by atoms with Crippen molar-refractivity contribution in [3.8, 4) is 11.3 Å². The van der Waals surface area contributed by atoms with Gasteiger partial charge in [0.1, 0.15) is 22.8 Å². The van der Waals surface area contributed by atoms with Gasteiger partial charge in [-0.1, -0.05) is 40.5 Å². The molecule has 4 nitrogen and oxygen atoms in total. The maximum absolute atomic E-state index is 14.2. The molecule has 6 heteroatoms. The summed E-state index contributed by atoms with van der Waals surface area (Å²) in [6, 6.07) is 9.97.